The molecule has 2 aromatic carbocycles. The number of hydrogen-bond acceptors (Lipinski definition) is 4. The van der Waals surface area contributed by atoms with Crippen molar-refractivity contribution in [3.63, 3.8) is 0 Å². The molecule has 2 rings (SSSR count). The van der Waals surface area contributed by atoms with Crippen molar-refractivity contribution in [2.75, 3.05) is 14.2 Å². The number of methoxy groups -OCH3 is 2. The van der Waals surface area contributed by atoms with Crippen molar-refractivity contribution >= 4 is 11.8 Å². The van der Waals surface area contributed by atoms with Gasteiger partial charge in [-0.2, -0.15) is 0 Å². The van der Waals surface area contributed by atoms with Gasteiger partial charge in [0.15, 0.2) is 0 Å². The number of ether oxygens (including phenoxy) is 2. The first kappa shape index (κ1) is 21.2. The van der Waals surface area contributed by atoms with Crippen LogP contribution in [-0.2, 0) is 11.3 Å². The molecule has 0 aliphatic carbocycles. The number of nitrogens with one attached hydrogen (secondary N) is 2. The summed E-state index contributed by atoms with van der Waals surface area (Å²) in [5, 5.41) is 5.53. The van der Waals surface area contributed by atoms with E-state index in [1.54, 1.807) is 30.3 Å². The van der Waals surface area contributed by atoms with E-state index < -0.39 is 11.9 Å². The summed E-state index contributed by atoms with van der Waals surface area (Å²) in [6.45, 7) is 3.92. The van der Waals surface area contributed by atoms with Gasteiger partial charge in [-0.25, -0.2) is 4.39 Å². The highest BCUT2D eigenvalue weighted by atomic mass is 19.1. The molecule has 0 unspecified atom stereocenters. The Morgan fingerprint density at radius 1 is 1.00 bits per heavy atom. The van der Waals surface area contributed by atoms with Gasteiger partial charge in [0.1, 0.15) is 23.4 Å². The molecule has 1 atom stereocenters. The summed E-state index contributed by atoms with van der Waals surface area (Å²) < 4.78 is 23.3. The van der Waals surface area contributed by atoms with Crippen molar-refractivity contribution in [2.45, 2.75) is 26.4 Å². The fraction of sp³-hybridized carbons (Fsp3) is 0.333. The lowest BCUT2D eigenvalue weighted by atomic mass is 10.0. The third kappa shape index (κ3) is 5.70. The first-order chi connectivity index (χ1) is 13.3. The van der Waals surface area contributed by atoms with Crippen molar-refractivity contribution in [3.8, 4) is 11.5 Å². The molecule has 0 aliphatic heterocycles. The largest absolute Gasteiger partial charge is 0.497 e. The fourth-order valence-corrected chi connectivity index (χ4v) is 2.60. The van der Waals surface area contributed by atoms with Gasteiger partial charge in [0.2, 0.25) is 5.91 Å². The minimum Gasteiger partial charge on any atom is -0.497 e. The SMILES string of the molecule is COc1cc(OC)cc(C(=O)N[C@H](C(=O)NCc2ccc(F)cc2)C(C)C)c1. The van der Waals surface area contributed by atoms with Gasteiger partial charge in [0.25, 0.3) is 5.91 Å². The van der Waals surface area contributed by atoms with Crippen LogP contribution in [-0.4, -0.2) is 32.1 Å². The van der Waals surface area contributed by atoms with Gasteiger partial charge in [-0.05, 0) is 35.7 Å². The molecule has 0 aliphatic rings. The zero-order valence-corrected chi connectivity index (χ0v) is 16.4. The van der Waals surface area contributed by atoms with Gasteiger partial charge < -0.3 is 20.1 Å². The van der Waals surface area contributed by atoms with Gasteiger partial charge in [-0.1, -0.05) is 26.0 Å². The first-order valence-corrected chi connectivity index (χ1v) is 8.90. The van der Waals surface area contributed by atoms with E-state index in [9.17, 15) is 14.0 Å². The molecule has 0 bridgehead atoms. The van der Waals surface area contributed by atoms with Crippen LogP contribution >= 0.6 is 0 Å². The average Bonchev–Trinajstić information content (AvgIpc) is 2.70. The summed E-state index contributed by atoms with van der Waals surface area (Å²) in [7, 11) is 2.99. The van der Waals surface area contributed by atoms with Crippen LogP contribution in [0.25, 0.3) is 0 Å². The molecule has 2 N–H and O–H groups in total. The van der Waals surface area contributed by atoms with Crippen molar-refractivity contribution in [1.82, 2.24) is 10.6 Å². The van der Waals surface area contributed by atoms with E-state index in [1.165, 1.54) is 26.4 Å². The Bertz CT molecular complexity index is 799. The standard InChI is InChI=1S/C21H25FN2O4/c1-13(2)19(21(26)23-12-14-5-7-16(22)8-6-14)24-20(25)15-9-17(27-3)11-18(10-15)28-4/h5-11,13,19H,12H2,1-4H3,(H,23,26)(H,24,25)/t19-/m0/s1. The summed E-state index contributed by atoms with van der Waals surface area (Å²) in [6, 6.07) is 9.94. The van der Waals surface area contributed by atoms with Crippen LogP contribution in [0.15, 0.2) is 42.5 Å². The molecule has 0 spiro atoms. The molecule has 0 saturated heterocycles. The van der Waals surface area contributed by atoms with Gasteiger partial charge in [-0.15, -0.1) is 0 Å². The van der Waals surface area contributed by atoms with E-state index in [0.717, 1.165) is 5.56 Å². The first-order valence-electron chi connectivity index (χ1n) is 8.90. The van der Waals surface area contributed by atoms with Crippen LogP contribution in [0.3, 0.4) is 0 Å². The second-order valence-electron chi connectivity index (χ2n) is 6.64. The van der Waals surface area contributed by atoms with Gasteiger partial charge >= 0.3 is 0 Å². The van der Waals surface area contributed by atoms with Crippen LogP contribution in [0.1, 0.15) is 29.8 Å². The topological polar surface area (TPSA) is 76.7 Å². The van der Waals surface area contributed by atoms with E-state index in [2.05, 4.69) is 10.6 Å². The summed E-state index contributed by atoms with van der Waals surface area (Å²) >= 11 is 0. The van der Waals surface area contributed by atoms with Crippen LogP contribution in [0.2, 0.25) is 0 Å². The van der Waals surface area contributed by atoms with Crippen LogP contribution < -0.4 is 20.1 Å². The highest BCUT2D eigenvalue weighted by molar-refractivity contribution is 5.98. The zero-order valence-electron chi connectivity index (χ0n) is 16.4. The van der Waals surface area contributed by atoms with E-state index in [0.29, 0.717) is 17.1 Å². The Morgan fingerprint density at radius 3 is 2.07 bits per heavy atom. The fourth-order valence-electron chi connectivity index (χ4n) is 2.60. The second-order valence-corrected chi connectivity index (χ2v) is 6.64. The number of benzene rings is 2. The van der Waals surface area contributed by atoms with Crippen molar-refractivity contribution in [1.29, 1.82) is 0 Å². The molecule has 150 valence electrons. The van der Waals surface area contributed by atoms with E-state index in [1.807, 2.05) is 13.8 Å². The summed E-state index contributed by atoms with van der Waals surface area (Å²) in [5.74, 6) is -0.242. The smallest absolute Gasteiger partial charge is 0.252 e. The Morgan fingerprint density at radius 2 is 1.57 bits per heavy atom. The number of amides is 2. The van der Waals surface area contributed by atoms with Gasteiger partial charge in [-0.3, -0.25) is 9.59 Å². The summed E-state index contributed by atoms with van der Waals surface area (Å²) in [6.07, 6.45) is 0. The van der Waals surface area contributed by atoms with Crippen LogP contribution in [0.4, 0.5) is 4.39 Å². The van der Waals surface area contributed by atoms with E-state index in [4.69, 9.17) is 9.47 Å². The van der Waals surface area contributed by atoms with E-state index >= 15 is 0 Å². The lowest BCUT2D eigenvalue weighted by molar-refractivity contribution is -0.124. The molecular formula is C21H25FN2O4. The Balaban J connectivity index is 2.07. The lowest BCUT2D eigenvalue weighted by Gasteiger charge is -2.22. The zero-order chi connectivity index (χ0) is 20.7. The maximum atomic E-state index is 13.0. The summed E-state index contributed by atoms with van der Waals surface area (Å²) in [5.41, 5.74) is 1.09. The molecule has 0 aromatic heterocycles. The molecule has 28 heavy (non-hydrogen) atoms. The number of halogens is 1. The maximum absolute atomic E-state index is 13.0. The third-order valence-corrected chi connectivity index (χ3v) is 4.23. The van der Waals surface area contributed by atoms with Crippen molar-refractivity contribution in [2.24, 2.45) is 5.92 Å². The molecule has 6 nitrogen and oxygen atoms in total. The minimum atomic E-state index is -0.731. The van der Waals surface area contributed by atoms with E-state index in [-0.39, 0.29) is 24.2 Å². The summed E-state index contributed by atoms with van der Waals surface area (Å²) in [4.78, 5) is 25.3. The average molecular weight is 388 g/mol. The predicted molar refractivity (Wildman–Crippen MR) is 104 cm³/mol. The highest BCUT2D eigenvalue weighted by Gasteiger charge is 2.25. The van der Waals surface area contributed by atoms with Crippen molar-refractivity contribution in [3.05, 3.63) is 59.4 Å². The Hall–Kier alpha value is -3.09. The molecular weight excluding hydrogens is 363 g/mol. The molecule has 0 heterocycles. The lowest BCUT2D eigenvalue weighted by Crippen LogP contribution is -2.49. The quantitative estimate of drug-likeness (QED) is 0.729. The Labute approximate surface area is 164 Å². The molecule has 2 amide bonds. The molecule has 7 heteroatoms. The highest BCUT2D eigenvalue weighted by Crippen LogP contribution is 2.22. The minimum absolute atomic E-state index is 0.135. The van der Waals surface area contributed by atoms with Gasteiger partial charge in [0.05, 0.1) is 14.2 Å². The monoisotopic (exact) mass is 388 g/mol. The van der Waals surface area contributed by atoms with Crippen LogP contribution in [0.5, 0.6) is 11.5 Å². The maximum Gasteiger partial charge on any atom is 0.252 e. The van der Waals surface area contributed by atoms with Gasteiger partial charge in [0, 0.05) is 18.2 Å². The second kappa shape index (κ2) is 9.73. The third-order valence-electron chi connectivity index (χ3n) is 4.23. The van der Waals surface area contributed by atoms with Crippen LogP contribution in [0, 0.1) is 11.7 Å². The molecule has 0 fully saturated rings. The molecule has 2 aromatic rings. The normalized spacial score (nSPS) is 11.6. The number of hydrogen-bond donors (Lipinski definition) is 2. The number of carbonyl (C=O) groups excluding carboxylic acids is 2. The van der Waals surface area contributed by atoms with Crippen molar-refractivity contribution < 1.29 is 23.5 Å². The predicted octanol–water partition coefficient (Wildman–Crippen LogP) is 2.91. The Kier molecular flexibility index (Phi) is 7.37. The molecule has 0 saturated carbocycles. The molecule has 0 radical (unpaired) electrons. The number of rotatable bonds is 8. The number of carbonyl (C=O) groups is 2.